The number of nitrogens with zero attached hydrogens (tertiary/aromatic N) is 4. The Morgan fingerprint density at radius 2 is 2.06 bits per heavy atom. The first-order chi connectivity index (χ1) is 16.1. The highest BCUT2D eigenvalue weighted by molar-refractivity contribution is 9.10. The molecule has 1 saturated heterocycles. The van der Waals surface area contributed by atoms with Crippen LogP contribution in [0.5, 0.6) is 5.75 Å². The van der Waals surface area contributed by atoms with Crippen LogP contribution in [0.25, 0.3) is 20.7 Å². The third-order valence-electron chi connectivity index (χ3n) is 5.59. The molecule has 9 nitrogen and oxygen atoms in total. The van der Waals surface area contributed by atoms with E-state index in [9.17, 15) is 9.59 Å². The van der Waals surface area contributed by atoms with Crippen LogP contribution in [-0.2, 0) is 4.79 Å². The van der Waals surface area contributed by atoms with Crippen LogP contribution in [0.2, 0.25) is 0 Å². The Balaban J connectivity index is 1.46. The monoisotopic (exact) mass is 546 g/mol. The van der Waals surface area contributed by atoms with Gasteiger partial charge >= 0.3 is 6.03 Å². The quantitative estimate of drug-likeness (QED) is 0.393. The fourth-order valence-electron chi connectivity index (χ4n) is 3.55. The van der Waals surface area contributed by atoms with Gasteiger partial charge in [-0.1, -0.05) is 0 Å². The maximum absolute atomic E-state index is 12.0. The lowest BCUT2D eigenvalue weighted by molar-refractivity contribution is -0.125. The molecule has 0 bridgehead atoms. The average molecular weight is 547 g/mol. The number of likely N-dealkylation sites (N-methyl/N-ethyl adjacent to an activating group) is 1. The van der Waals surface area contributed by atoms with Gasteiger partial charge in [-0.3, -0.25) is 10.1 Å². The van der Waals surface area contributed by atoms with E-state index in [0.717, 1.165) is 37.4 Å². The molecule has 11 heteroatoms. The highest BCUT2D eigenvalue weighted by Crippen LogP contribution is 2.37. The molecule has 3 amide bonds. The molecule has 1 aromatic carbocycles. The summed E-state index contributed by atoms with van der Waals surface area (Å²) < 4.78 is 7.79. The van der Waals surface area contributed by atoms with Crippen molar-refractivity contribution in [2.45, 2.75) is 19.4 Å². The number of halogens is 1. The molecule has 180 valence electrons. The summed E-state index contributed by atoms with van der Waals surface area (Å²) in [5, 5.41) is 6.60. The second-order valence-corrected chi connectivity index (χ2v) is 10.7. The first-order valence-electron chi connectivity index (χ1n) is 10.9. The molecule has 0 radical (unpaired) electrons. The van der Waals surface area contributed by atoms with Crippen LogP contribution < -0.4 is 15.4 Å². The normalized spacial score (nSPS) is 15.3. The van der Waals surface area contributed by atoms with Crippen molar-refractivity contribution >= 4 is 55.2 Å². The van der Waals surface area contributed by atoms with Gasteiger partial charge in [-0.2, -0.15) is 0 Å². The maximum atomic E-state index is 12.0. The first-order valence-corrected chi connectivity index (χ1v) is 12.5. The molecule has 4 rings (SSSR count). The Morgan fingerprint density at radius 3 is 2.76 bits per heavy atom. The van der Waals surface area contributed by atoms with Crippen LogP contribution in [0, 0.1) is 0 Å². The summed E-state index contributed by atoms with van der Waals surface area (Å²) in [5.74, 6) is 0.998. The number of rotatable bonds is 9. The number of fused-ring (bicyclic) bond motifs is 1. The van der Waals surface area contributed by atoms with Gasteiger partial charge in [-0.05, 0) is 73.5 Å². The van der Waals surface area contributed by atoms with Crippen molar-refractivity contribution in [2.24, 2.45) is 0 Å². The molecule has 0 atom stereocenters. The third kappa shape index (κ3) is 5.16. The first kappa shape index (κ1) is 24.4. The summed E-state index contributed by atoms with van der Waals surface area (Å²) in [5.41, 5.74) is -0.0976. The lowest BCUT2D eigenvalue weighted by Crippen LogP contribution is -2.46. The number of carbonyl (C=O) groups excluding carboxylic acids is 2. The Morgan fingerprint density at radius 1 is 1.26 bits per heavy atom. The van der Waals surface area contributed by atoms with Gasteiger partial charge in [0.05, 0.1) is 9.35 Å². The second kappa shape index (κ2) is 9.85. The number of ether oxygens (including phenoxy) is 1. The molecule has 34 heavy (non-hydrogen) atoms. The Kier molecular flexibility index (Phi) is 7.06. The van der Waals surface area contributed by atoms with Gasteiger partial charge in [-0.15, -0.1) is 11.3 Å². The number of aromatic nitrogens is 2. The number of anilines is 1. The van der Waals surface area contributed by atoms with Crippen molar-refractivity contribution in [3.8, 4) is 16.3 Å². The lowest BCUT2D eigenvalue weighted by atomic mass is 10.0. The van der Waals surface area contributed by atoms with Crippen molar-refractivity contribution in [1.82, 2.24) is 25.1 Å². The molecule has 1 aliphatic rings. The molecule has 0 aliphatic carbocycles. The van der Waals surface area contributed by atoms with E-state index < -0.39 is 5.54 Å². The Hall–Kier alpha value is -2.76. The van der Waals surface area contributed by atoms with E-state index in [0.29, 0.717) is 25.6 Å². The summed E-state index contributed by atoms with van der Waals surface area (Å²) in [6.45, 7) is 5.69. The number of benzene rings is 1. The minimum absolute atomic E-state index is 0.296. The molecule has 0 saturated carbocycles. The van der Waals surface area contributed by atoms with E-state index in [1.807, 2.05) is 26.2 Å². The summed E-state index contributed by atoms with van der Waals surface area (Å²) >= 11 is 5.21. The van der Waals surface area contributed by atoms with E-state index in [4.69, 9.17) is 4.74 Å². The number of urea groups is 1. The van der Waals surface area contributed by atoms with Gasteiger partial charge in [0.15, 0.2) is 0 Å². The van der Waals surface area contributed by atoms with Gasteiger partial charge < -0.3 is 19.9 Å². The van der Waals surface area contributed by atoms with Crippen LogP contribution in [0.15, 0.2) is 34.9 Å². The molecular weight excluding hydrogens is 520 g/mol. The van der Waals surface area contributed by atoms with E-state index in [1.54, 1.807) is 31.4 Å². The average Bonchev–Trinajstić information content (AvgIpc) is 3.27. The van der Waals surface area contributed by atoms with Crippen molar-refractivity contribution in [1.29, 1.82) is 0 Å². The predicted octanol–water partition coefficient (Wildman–Crippen LogP) is 3.80. The number of amides is 3. The van der Waals surface area contributed by atoms with Gasteiger partial charge in [-0.25, -0.2) is 14.8 Å². The van der Waals surface area contributed by atoms with E-state index in [-0.39, 0.29) is 11.9 Å². The van der Waals surface area contributed by atoms with Crippen LogP contribution in [-0.4, -0.2) is 77.6 Å². The predicted molar refractivity (Wildman–Crippen MR) is 137 cm³/mol. The molecular formula is C23H27BrN6O3S. The zero-order chi connectivity index (χ0) is 24.5. The van der Waals surface area contributed by atoms with Gasteiger partial charge in [0.2, 0.25) is 5.95 Å². The smallest absolute Gasteiger partial charge is 0.325 e. The number of carbonyl (C=O) groups is 2. The van der Waals surface area contributed by atoms with Crippen LogP contribution >= 0.6 is 27.3 Å². The molecule has 3 heterocycles. The summed E-state index contributed by atoms with van der Waals surface area (Å²) in [7, 11) is 4.04. The molecule has 2 N–H and O–H groups in total. The zero-order valence-electron chi connectivity index (χ0n) is 19.5. The van der Waals surface area contributed by atoms with Crippen molar-refractivity contribution in [3.05, 3.63) is 34.9 Å². The Labute approximate surface area is 210 Å². The number of hydrogen-bond acceptors (Lipinski definition) is 8. The fraction of sp³-hybridized carbons (Fsp3) is 0.391. The van der Waals surface area contributed by atoms with E-state index >= 15 is 0 Å². The van der Waals surface area contributed by atoms with Crippen molar-refractivity contribution < 1.29 is 14.3 Å². The summed E-state index contributed by atoms with van der Waals surface area (Å²) in [4.78, 5) is 37.6. The van der Waals surface area contributed by atoms with Gasteiger partial charge in [0.1, 0.15) is 23.6 Å². The Bertz CT molecular complexity index is 1230. The van der Waals surface area contributed by atoms with Gasteiger partial charge in [0, 0.05) is 30.5 Å². The SMILES string of the molecule is CN(C)CCOc1ccc2sc(-c3nc(NCCN4C(=O)NC(=O)C4(C)C)ncc3Br)cc2c1. The van der Waals surface area contributed by atoms with Crippen LogP contribution in [0.3, 0.4) is 0 Å². The number of thiophene rings is 1. The topological polar surface area (TPSA) is 99.7 Å². The van der Waals surface area contributed by atoms with Gasteiger partial charge in [0.25, 0.3) is 5.91 Å². The van der Waals surface area contributed by atoms with Crippen molar-refractivity contribution in [2.75, 3.05) is 45.7 Å². The van der Waals surface area contributed by atoms with E-state index in [1.165, 1.54) is 4.90 Å². The highest BCUT2D eigenvalue weighted by atomic mass is 79.9. The minimum Gasteiger partial charge on any atom is -0.492 e. The number of nitrogens with one attached hydrogen (secondary N) is 2. The lowest BCUT2D eigenvalue weighted by Gasteiger charge is -2.27. The number of hydrogen-bond donors (Lipinski definition) is 2. The molecule has 3 aromatic rings. The standard InChI is InChI=1S/C23H27BrN6O3S/c1-23(2)20(31)28-22(32)30(23)8-7-25-21-26-13-16(24)19(27-21)18-12-14-11-15(5-6-17(14)34-18)33-10-9-29(3)4/h5-6,11-13H,7-10H2,1-4H3,(H,25,26,27)(H,28,31,32). The maximum Gasteiger partial charge on any atom is 0.325 e. The summed E-state index contributed by atoms with van der Waals surface area (Å²) in [6, 6.07) is 7.81. The molecule has 1 fully saturated rings. The van der Waals surface area contributed by atoms with E-state index in [2.05, 4.69) is 53.6 Å². The largest absolute Gasteiger partial charge is 0.492 e. The zero-order valence-corrected chi connectivity index (χ0v) is 21.9. The molecule has 1 aliphatic heterocycles. The fourth-order valence-corrected chi connectivity index (χ4v) is 5.14. The van der Waals surface area contributed by atoms with Crippen LogP contribution in [0.1, 0.15) is 13.8 Å². The molecule has 0 unspecified atom stereocenters. The molecule has 2 aromatic heterocycles. The van der Waals surface area contributed by atoms with Crippen molar-refractivity contribution in [3.63, 3.8) is 0 Å². The number of imide groups is 1. The van der Waals surface area contributed by atoms with Crippen LogP contribution in [0.4, 0.5) is 10.7 Å². The summed E-state index contributed by atoms with van der Waals surface area (Å²) in [6.07, 6.45) is 1.71. The molecule has 0 spiro atoms. The highest BCUT2D eigenvalue weighted by Gasteiger charge is 2.45. The second-order valence-electron chi connectivity index (χ2n) is 8.75. The minimum atomic E-state index is -0.878. The third-order valence-corrected chi connectivity index (χ3v) is 7.29.